The molecule has 1 aromatic carbocycles. The number of hydrogen-bond donors (Lipinski definition) is 1. The molecule has 1 aliphatic rings. The number of amides is 1. The molecule has 2 rings (SSSR count). The SMILES string of the molecule is Cc1ccc(O)cc1S(=O)(=O)N1CCC(=O)N1C. The van der Waals surface area contributed by atoms with E-state index in [-0.39, 0.29) is 29.5 Å². The molecule has 0 spiro atoms. The van der Waals surface area contributed by atoms with Crippen molar-refractivity contribution in [2.45, 2.75) is 18.2 Å². The first-order chi connectivity index (χ1) is 8.34. The van der Waals surface area contributed by atoms with Crippen LogP contribution in [-0.2, 0) is 14.8 Å². The Balaban J connectivity index is 2.49. The van der Waals surface area contributed by atoms with Crippen molar-refractivity contribution in [1.29, 1.82) is 0 Å². The molecule has 1 aromatic rings. The topological polar surface area (TPSA) is 77.9 Å². The summed E-state index contributed by atoms with van der Waals surface area (Å²) >= 11 is 0. The molecule has 18 heavy (non-hydrogen) atoms. The highest BCUT2D eigenvalue weighted by atomic mass is 32.2. The van der Waals surface area contributed by atoms with Gasteiger partial charge in [0, 0.05) is 26.1 Å². The number of benzene rings is 1. The number of carbonyl (C=O) groups excluding carboxylic acids is 1. The lowest BCUT2D eigenvalue weighted by Crippen LogP contribution is -2.40. The van der Waals surface area contributed by atoms with Crippen LogP contribution in [0, 0.1) is 6.92 Å². The lowest BCUT2D eigenvalue weighted by molar-refractivity contribution is -0.131. The molecule has 1 amide bonds. The zero-order chi connectivity index (χ0) is 13.5. The van der Waals surface area contributed by atoms with Crippen LogP contribution in [0.3, 0.4) is 0 Å². The normalized spacial score (nSPS) is 17.4. The monoisotopic (exact) mass is 270 g/mol. The molecular weight excluding hydrogens is 256 g/mol. The van der Waals surface area contributed by atoms with Crippen molar-refractivity contribution in [2.24, 2.45) is 0 Å². The first-order valence-corrected chi connectivity index (χ1v) is 6.87. The Morgan fingerprint density at radius 3 is 2.56 bits per heavy atom. The summed E-state index contributed by atoms with van der Waals surface area (Å²) in [7, 11) is -2.37. The number of phenolic OH excluding ortho intramolecular Hbond substituents is 1. The first kappa shape index (κ1) is 12.8. The van der Waals surface area contributed by atoms with Gasteiger partial charge in [-0.1, -0.05) is 6.07 Å². The van der Waals surface area contributed by atoms with Crippen LogP contribution in [0.25, 0.3) is 0 Å². The maximum Gasteiger partial charge on any atom is 0.260 e. The van der Waals surface area contributed by atoms with Crippen molar-refractivity contribution in [1.82, 2.24) is 9.42 Å². The number of aromatic hydroxyl groups is 1. The number of sulfonamides is 1. The summed E-state index contributed by atoms with van der Waals surface area (Å²) in [5.41, 5.74) is 0.528. The van der Waals surface area contributed by atoms with Crippen LogP contribution in [0.1, 0.15) is 12.0 Å². The van der Waals surface area contributed by atoms with Gasteiger partial charge in [-0.3, -0.25) is 9.80 Å². The molecule has 0 radical (unpaired) electrons. The molecule has 0 unspecified atom stereocenters. The molecule has 0 aromatic heterocycles. The molecule has 1 aliphatic heterocycles. The van der Waals surface area contributed by atoms with Crippen LogP contribution in [0.15, 0.2) is 23.1 Å². The van der Waals surface area contributed by atoms with E-state index in [1.54, 1.807) is 6.92 Å². The zero-order valence-electron chi connectivity index (χ0n) is 10.1. The smallest absolute Gasteiger partial charge is 0.260 e. The third kappa shape index (κ3) is 1.95. The Labute approximate surface area is 105 Å². The van der Waals surface area contributed by atoms with Gasteiger partial charge in [0.05, 0.1) is 4.90 Å². The minimum absolute atomic E-state index is 0.0176. The summed E-state index contributed by atoms with van der Waals surface area (Å²) in [6.45, 7) is 1.77. The molecule has 7 heteroatoms. The summed E-state index contributed by atoms with van der Waals surface area (Å²) < 4.78 is 25.8. The predicted molar refractivity (Wildman–Crippen MR) is 64.1 cm³/mol. The maximum absolute atomic E-state index is 12.4. The average Bonchev–Trinajstić information content (AvgIpc) is 2.63. The van der Waals surface area contributed by atoms with Gasteiger partial charge in [-0.15, -0.1) is 4.41 Å². The fraction of sp³-hybridized carbons (Fsp3) is 0.364. The fourth-order valence-electron chi connectivity index (χ4n) is 1.89. The molecule has 0 saturated carbocycles. The quantitative estimate of drug-likeness (QED) is 0.847. The van der Waals surface area contributed by atoms with E-state index >= 15 is 0 Å². The fourth-order valence-corrected chi connectivity index (χ4v) is 3.61. The maximum atomic E-state index is 12.4. The minimum atomic E-state index is -3.80. The highest BCUT2D eigenvalue weighted by Gasteiger charge is 2.36. The van der Waals surface area contributed by atoms with E-state index in [2.05, 4.69) is 0 Å². The molecule has 1 fully saturated rings. The molecule has 1 heterocycles. The van der Waals surface area contributed by atoms with Crippen LogP contribution in [-0.4, -0.2) is 42.4 Å². The predicted octanol–water partition coefficient (Wildman–Crippen LogP) is 0.468. The van der Waals surface area contributed by atoms with Crippen molar-refractivity contribution in [3.05, 3.63) is 23.8 Å². The molecule has 0 atom stereocenters. The van der Waals surface area contributed by atoms with Gasteiger partial charge in [0.1, 0.15) is 5.75 Å². The number of rotatable bonds is 2. The number of hydrazine groups is 1. The Hall–Kier alpha value is -1.60. The van der Waals surface area contributed by atoms with Gasteiger partial charge in [-0.2, -0.15) is 0 Å². The van der Waals surface area contributed by atoms with Crippen molar-refractivity contribution in [3.8, 4) is 5.75 Å². The number of nitrogens with zero attached hydrogens (tertiary/aromatic N) is 2. The first-order valence-electron chi connectivity index (χ1n) is 5.43. The Morgan fingerprint density at radius 2 is 2.00 bits per heavy atom. The van der Waals surface area contributed by atoms with Crippen LogP contribution < -0.4 is 0 Å². The lowest BCUT2D eigenvalue weighted by Gasteiger charge is -2.24. The van der Waals surface area contributed by atoms with Gasteiger partial charge in [-0.25, -0.2) is 8.42 Å². The molecule has 0 bridgehead atoms. The van der Waals surface area contributed by atoms with Crippen molar-refractivity contribution < 1.29 is 18.3 Å². The van der Waals surface area contributed by atoms with Crippen molar-refractivity contribution >= 4 is 15.9 Å². The third-order valence-electron chi connectivity index (χ3n) is 2.94. The minimum Gasteiger partial charge on any atom is -0.508 e. The van der Waals surface area contributed by atoms with E-state index < -0.39 is 10.0 Å². The molecular formula is C11H14N2O4S. The Bertz CT molecular complexity index is 597. The second kappa shape index (κ2) is 4.25. The van der Waals surface area contributed by atoms with Gasteiger partial charge in [0.15, 0.2) is 0 Å². The van der Waals surface area contributed by atoms with Gasteiger partial charge in [-0.05, 0) is 18.6 Å². The van der Waals surface area contributed by atoms with E-state index in [4.69, 9.17) is 0 Å². The highest BCUT2D eigenvalue weighted by molar-refractivity contribution is 7.89. The van der Waals surface area contributed by atoms with E-state index in [1.165, 1.54) is 25.2 Å². The van der Waals surface area contributed by atoms with Gasteiger partial charge >= 0.3 is 0 Å². The molecule has 1 saturated heterocycles. The second-order valence-electron chi connectivity index (χ2n) is 4.17. The van der Waals surface area contributed by atoms with Crippen LogP contribution in [0.2, 0.25) is 0 Å². The van der Waals surface area contributed by atoms with E-state index in [0.717, 1.165) is 9.42 Å². The van der Waals surface area contributed by atoms with Crippen LogP contribution in [0.4, 0.5) is 0 Å². The zero-order valence-corrected chi connectivity index (χ0v) is 10.9. The van der Waals surface area contributed by atoms with Crippen LogP contribution >= 0.6 is 0 Å². The second-order valence-corrected chi connectivity index (χ2v) is 5.98. The van der Waals surface area contributed by atoms with Crippen molar-refractivity contribution in [2.75, 3.05) is 13.6 Å². The summed E-state index contributed by atoms with van der Waals surface area (Å²) in [5, 5.41) is 10.5. The van der Waals surface area contributed by atoms with Gasteiger partial charge in [0.2, 0.25) is 5.91 Å². The standard InChI is InChI=1S/C11H14N2O4S/c1-8-3-4-9(14)7-10(8)18(16,17)13-6-5-11(15)12(13)2/h3-4,7,14H,5-6H2,1-2H3. The molecule has 6 nitrogen and oxygen atoms in total. The van der Waals surface area contributed by atoms with Gasteiger partial charge in [0.25, 0.3) is 10.0 Å². The Morgan fingerprint density at radius 1 is 1.33 bits per heavy atom. The highest BCUT2D eigenvalue weighted by Crippen LogP contribution is 2.27. The number of hydrogen-bond acceptors (Lipinski definition) is 4. The van der Waals surface area contributed by atoms with E-state index in [1.807, 2.05) is 0 Å². The number of carbonyl (C=O) groups is 1. The summed E-state index contributed by atoms with van der Waals surface area (Å²) in [6, 6.07) is 4.15. The summed E-state index contributed by atoms with van der Waals surface area (Å²) in [4.78, 5) is 11.4. The van der Waals surface area contributed by atoms with E-state index in [0.29, 0.717) is 5.56 Å². The largest absolute Gasteiger partial charge is 0.508 e. The number of aryl methyl sites for hydroxylation is 1. The van der Waals surface area contributed by atoms with E-state index in [9.17, 15) is 18.3 Å². The molecule has 1 N–H and O–H groups in total. The molecule has 98 valence electrons. The lowest BCUT2D eigenvalue weighted by atomic mass is 10.2. The summed E-state index contributed by atoms with van der Waals surface area (Å²) in [6.07, 6.45) is 0.174. The van der Waals surface area contributed by atoms with Gasteiger partial charge < -0.3 is 5.11 Å². The average molecular weight is 270 g/mol. The van der Waals surface area contributed by atoms with Crippen LogP contribution in [0.5, 0.6) is 5.75 Å². The summed E-state index contributed by atoms with van der Waals surface area (Å²) in [5.74, 6) is -0.358. The third-order valence-corrected chi connectivity index (χ3v) is 4.92. The molecule has 0 aliphatic carbocycles. The van der Waals surface area contributed by atoms with Crippen molar-refractivity contribution in [3.63, 3.8) is 0 Å². The number of phenols is 1. The Kier molecular flexibility index (Phi) is 3.04.